The summed E-state index contributed by atoms with van der Waals surface area (Å²) in [5, 5.41) is 1.10. The maximum absolute atomic E-state index is 6.80. The fraction of sp³-hybridized carbons (Fsp3) is 0.619. The monoisotopic (exact) mass is 454 g/mol. The highest BCUT2D eigenvalue weighted by Crippen LogP contribution is 2.26. The van der Waals surface area contributed by atoms with E-state index in [0.717, 1.165) is 11.6 Å². The molecular weight excluding hydrogens is 413 g/mol. The summed E-state index contributed by atoms with van der Waals surface area (Å²) in [5.41, 5.74) is 1.22. The molecule has 0 heterocycles. The summed E-state index contributed by atoms with van der Waals surface area (Å²) in [6.45, 7) is 22.2. The zero-order valence-corrected chi connectivity index (χ0v) is 23.8. The highest BCUT2D eigenvalue weighted by molar-refractivity contribution is 6.95. The maximum atomic E-state index is 6.80. The number of unbranched alkanes of at least 4 members (excludes halogenated alkanes) is 2. The van der Waals surface area contributed by atoms with Crippen LogP contribution in [0, 0.1) is 0 Å². The first-order valence-electron chi connectivity index (χ1n) is 10.5. The molecule has 0 N–H and O–H groups in total. The Hall–Kier alpha value is -0.292. The minimum absolute atomic E-state index is 1.10. The van der Waals surface area contributed by atoms with Crippen LogP contribution in [0.25, 0.3) is 6.08 Å². The van der Waals surface area contributed by atoms with Gasteiger partial charge in [-0.25, -0.2) is 0 Å². The topological polar surface area (TPSA) is 27.7 Å². The first-order chi connectivity index (χ1) is 12.7. The van der Waals surface area contributed by atoms with Gasteiger partial charge in [0.1, 0.15) is 0 Å². The van der Waals surface area contributed by atoms with Crippen LogP contribution in [0.3, 0.4) is 0 Å². The van der Waals surface area contributed by atoms with E-state index in [1.54, 1.807) is 0 Å². The molecule has 1 rings (SSSR count). The molecule has 3 nitrogen and oxygen atoms in total. The number of allylic oxidation sites excluding steroid dienone is 1. The molecule has 0 atom stereocenters. The van der Waals surface area contributed by atoms with Crippen molar-refractivity contribution in [3.63, 3.8) is 0 Å². The van der Waals surface area contributed by atoms with Crippen molar-refractivity contribution in [2.45, 2.75) is 85.1 Å². The minimum Gasteiger partial charge on any atom is -0.414 e. The minimum atomic E-state index is -2.98. The van der Waals surface area contributed by atoms with Gasteiger partial charge in [0.2, 0.25) is 0 Å². The molecule has 28 heavy (non-hydrogen) atoms. The van der Waals surface area contributed by atoms with Gasteiger partial charge in [-0.05, 0) is 70.9 Å². The average Bonchev–Trinajstić information content (AvgIpc) is 2.47. The van der Waals surface area contributed by atoms with E-state index >= 15 is 0 Å². The van der Waals surface area contributed by atoms with Crippen LogP contribution in [-0.4, -0.2) is 33.8 Å². The van der Waals surface area contributed by atoms with Gasteiger partial charge >= 0.3 is 8.80 Å². The smallest absolute Gasteiger partial charge is 0.414 e. The van der Waals surface area contributed by atoms with Crippen molar-refractivity contribution in [1.82, 2.24) is 0 Å². The zero-order valence-electron chi connectivity index (χ0n) is 19.8. The van der Waals surface area contributed by atoms with Crippen LogP contribution in [0.1, 0.15) is 31.7 Å². The molecule has 0 radical (unpaired) electrons. The van der Waals surface area contributed by atoms with Gasteiger partial charge in [-0.3, -0.25) is 0 Å². The van der Waals surface area contributed by atoms with Crippen LogP contribution >= 0.6 is 0 Å². The van der Waals surface area contributed by atoms with Crippen LogP contribution in [0.4, 0.5) is 0 Å². The van der Waals surface area contributed by atoms with Crippen molar-refractivity contribution < 1.29 is 12.3 Å². The van der Waals surface area contributed by atoms with Crippen LogP contribution in [-0.2, 0) is 12.3 Å². The standard InChI is InChI=1S/C21H42O3Si4/c1-11-12-13-14-15-20-16-18-21(19-17-20)28(22-25(2,3)4,23-26(5,6)7)24-27(8,9)10/h14-19H,11-13H2,1-10H3. The van der Waals surface area contributed by atoms with Gasteiger partial charge in [-0.1, -0.05) is 56.2 Å². The summed E-state index contributed by atoms with van der Waals surface area (Å²) in [6, 6.07) is 8.70. The third-order valence-electron chi connectivity index (χ3n) is 3.62. The van der Waals surface area contributed by atoms with Crippen LogP contribution in [0.15, 0.2) is 30.3 Å². The predicted molar refractivity (Wildman–Crippen MR) is 134 cm³/mol. The molecule has 0 bridgehead atoms. The third-order valence-corrected chi connectivity index (χ3v) is 15.2. The van der Waals surface area contributed by atoms with Gasteiger partial charge in [-0.15, -0.1) is 0 Å². The van der Waals surface area contributed by atoms with Gasteiger partial charge in [0.15, 0.2) is 25.0 Å². The summed E-state index contributed by atoms with van der Waals surface area (Å²) >= 11 is 0. The number of hydrogen-bond donors (Lipinski definition) is 0. The SMILES string of the molecule is CCCCC=Cc1ccc([Si](O[Si](C)(C)C)(O[Si](C)(C)C)O[Si](C)(C)C)cc1. The predicted octanol–water partition coefficient (Wildman–Crippen LogP) is 6.59. The summed E-state index contributed by atoms with van der Waals surface area (Å²) in [5.74, 6) is 0. The summed E-state index contributed by atoms with van der Waals surface area (Å²) in [6.07, 6.45) is 8.07. The van der Waals surface area contributed by atoms with E-state index in [9.17, 15) is 0 Å². The molecule has 1 aromatic rings. The normalized spacial score (nSPS) is 14.1. The summed E-state index contributed by atoms with van der Waals surface area (Å²) in [4.78, 5) is 0. The maximum Gasteiger partial charge on any atom is 0.505 e. The molecule has 1 aromatic carbocycles. The van der Waals surface area contributed by atoms with Crippen molar-refractivity contribution in [2.24, 2.45) is 0 Å². The molecule has 0 saturated carbocycles. The van der Waals surface area contributed by atoms with Crippen molar-refractivity contribution >= 4 is 45.0 Å². The van der Waals surface area contributed by atoms with Crippen molar-refractivity contribution in [3.05, 3.63) is 35.9 Å². The van der Waals surface area contributed by atoms with Crippen LogP contribution in [0.5, 0.6) is 0 Å². The van der Waals surface area contributed by atoms with Gasteiger partial charge in [0.05, 0.1) is 0 Å². The Kier molecular flexibility index (Phi) is 9.33. The lowest BCUT2D eigenvalue weighted by Gasteiger charge is -2.42. The van der Waals surface area contributed by atoms with Gasteiger partial charge in [0.25, 0.3) is 0 Å². The van der Waals surface area contributed by atoms with E-state index in [0.29, 0.717) is 0 Å². The van der Waals surface area contributed by atoms with E-state index in [2.05, 4.69) is 102 Å². The molecule has 0 aliphatic rings. The largest absolute Gasteiger partial charge is 0.505 e. The molecule has 0 saturated heterocycles. The van der Waals surface area contributed by atoms with Crippen LogP contribution < -0.4 is 5.19 Å². The number of benzene rings is 1. The average molecular weight is 455 g/mol. The van der Waals surface area contributed by atoms with Gasteiger partial charge in [-0.2, -0.15) is 0 Å². The Labute approximate surface area is 178 Å². The second-order valence-corrected chi connectivity index (χ2v) is 27.2. The Bertz CT molecular complexity index is 582. The fourth-order valence-electron chi connectivity index (χ4n) is 2.79. The quantitative estimate of drug-likeness (QED) is 0.279. The van der Waals surface area contributed by atoms with E-state index in [1.165, 1.54) is 18.4 Å². The fourth-order valence-corrected chi connectivity index (χ4v) is 16.1. The van der Waals surface area contributed by atoms with E-state index in [4.69, 9.17) is 12.3 Å². The molecule has 0 spiro atoms. The second kappa shape index (κ2) is 10.1. The van der Waals surface area contributed by atoms with Crippen molar-refractivity contribution in [3.8, 4) is 0 Å². The Morgan fingerprint density at radius 3 is 1.50 bits per heavy atom. The Morgan fingerprint density at radius 2 is 1.14 bits per heavy atom. The molecule has 0 unspecified atom stereocenters. The highest BCUT2D eigenvalue weighted by atomic mass is 28.5. The lowest BCUT2D eigenvalue weighted by Crippen LogP contribution is -2.67. The number of rotatable bonds is 11. The molecule has 0 fully saturated rings. The lowest BCUT2D eigenvalue weighted by molar-refractivity contribution is 0.273. The Morgan fingerprint density at radius 1 is 0.714 bits per heavy atom. The van der Waals surface area contributed by atoms with Gasteiger partial charge < -0.3 is 12.3 Å². The van der Waals surface area contributed by atoms with E-state index < -0.39 is 33.8 Å². The van der Waals surface area contributed by atoms with E-state index in [1.807, 2.05) is 0 Å². The number of hydrogen-bond acceptors (Lipinski definition) is 3. The summed E-state index contributed by atoms with van der Waals surface area (Å²) in [7, 11) is -8.61. The van der Waals surface area contributed by atoms with Crippen molar-refractivity contribution in [1.29, 1.82) is 0 Å². The first-order valence-corrected chi connectivity index (χ1v) is 22.5. The highest BCUT2D eigenvalue weighted by Gasteiger charge is 2.51. The molecule has 7 heteroatoms. The molecule has 0 aromatic heterocycles. The zero-order chi connectivity index (χ0) is 21.6. The molecule has 0 aliphatic carbocycles. The van der Waals surface area contributed by atoms with Gasteiger partial charge in [0, 0.05) is 5.19 Å². The Balaban J connectivity index is 3.33. The summed E-state index contributed by atoms with van der Waals surface area (Å²) < 4.78 is 20.4. The van der Waals surface area contributed by atoms with E-state index in [-0.39, 0.29) is 0 Å². The molecule has 0 aliphatic heterocycles. The molecule has 160 valence electrons. The molecular formula is C21H42O3Si4. The van der Waals surface area contributed by atoms with Crippen molar-refractivity contribution in [2.75, 3.05) is 0 Å². The van der Waals surface area contributed by atoms with Crippen LogP contribution in [0.2, 0.25) is 58.9 Å². The second-order valence-electron chi connectivity index (χ2n) is 10.4. The third kappa shape index (κ3) is 9.95. The molecule has 0 amide bonds. The first kappa shape index (κ1) is 25.7. The lowest BCUT2D eigenvalue weighted by atomic mass is 10.2.